The molecule has 0 aliphatic carbocycles. The molecule has 0 radical (unpaired) electrons. The standard InChI is InChI=1S/C11H13F3N2O2/c12-11(13,14)7-4-9(15)16-10(5-7)18-6-8-2-1-3-17-8/h4-5,8H,1-3,6H2,(H2,15,16). The molecule has 0 bridgehead atoms. The van der Waals surface area contributed by atoms with Gasteiger partial charge in [0.1, 0.15) is 12.4 Å². The van der Waals surface area contributed by atoms with Crippen LogP contribution in [-0.4, -0.2) is 24.3 Å². The van der Waals surface area contributed by atoms with E-state index in [-0.39, 0.29) is 24.4 Å². The average Bonchev–Trinajstić information content (AvgIpc) is 2.77. The summed E-state index contributed by atoms with van der Waals surface area (Å²) in [7, 11) is 0. The van der Waals surface area contributed by atoms with E-state index in [0.29, 0.717) is 6.61 Å². The number of aromatic nitrogens is 1. The van der Waals surface area contributed by atoms with E-state index < -0.39 is 11.7 Å². The van der Waals surface area contributed by atoms with Gasteiger partial charge in [-0.2, -0.15) is 18.2 Å². The summed E-state index contributed by atoms with van der Waals surface area (Å²) in [5.41, 5.74) is 4.45. The quantitative estimate of drug-likeness (QED) is 0.907. The highest BCUT2D eigenvalue weighted by atomic mass is 19.4. The highest BCUT2D eigenvalue weighted by Crippen LogP contribution is 2.32. The van der Waals surface area contributed by atoms with Gasteiger partial charge in [0.2, 0.25) is 5.88 Å². The molecule has 1 fully saturated rings. The highest BCUT2D eigenvalue weighted by Gasteiger charge is 2.31. The van der Waals surface area contributed by atoms with Gasteiger partial charge in [-0.3, -0.25) is 0 Å². The predicted molar refractivity (Wildman–Crippen MR) is 58.1 cm³/mol. The summed E-state index contributed by atoms with van der Waals surface area (Å²) in [6.45, 7) is 0.847. The van der Waals surface area contributed by atoms with Gasteiger partial charge in [0.25, 0.3) is 0 Å². The molecule has 18 heavy (non-hydrogen) atoms. The van der Waals surface area contributed by atoms with Gasteiger partial charge in [-0.25, -0.2) is 0 Å². The first kappa shape index (κ1) is 12.9. The maximum absolute atomic E-state index is 12.5. The fourth-order valence-electron chi connectivity index (χ4n) is 1.72. The van der Waals surface area contributed by atoms with E-state index in [1.54, 1.807) is 0 Å². The van der Waals surface area contributed by atoms with Crippen molar-refractivity contribution in [3.05, 3.63) is 17.7 Å². The molecule has 2 N–H and O–H groups in total. The van der Waals surface area contributed by atoms with Crippen molar-refractivity contribution in [2.75, 3.05) is 18.9 Å². The lowest BCUT2D eigenvalue weighted by Gasteiger charge is -2.13. The lowest BCUT2D eigenvalue weighted by Crippen LogP contribution is -2.17. The second kappa shape index (κ2) is 5.01. The largest absolute Gasteiger partial charge is 0.475 e. The molecule has 1 saturated heterocycles. The van der Waals surface area contributed by atoms with Gasteiger partial charge in [-0.1, -0.05) is 0 Å². The smallest absolute Gasteiger partial charge is 0.416 e. The molecule has 7 heteroatoms. The van der Waals surface area contributed by atoms with E-state index >= 15 is 0 Å². The molecule has 1 aromatic heterocycles. The molecule has 1 atom stereocenters. The lowest BCUT2D eigenvalue weighted by molar-refractivity contribution is -0.137. The van der Waals surface area contributed by atoms with E-state index in [4.69, 9.17) is 15.2 Å². The molecule has 1 unspecified atom stereocenters. The SMILES string of the molecule is Nc1cc(C(F)(F)F)cc(OCC2CCCO2)n1. The third-order valence-electron chi connectivity index (χ3n) is 2.59. The van der Waals surface area contributed by atoms with E-state index in [2.05, 4.69) is 4.98 Å². The molecule has 0 aromatic carbocycles. The molecule has 1 aromatic rings. The number of halogens is 3. The maximum atomic E-state index is 12.5. The average molecular weight is 262 g/mol. The molecule has 100 valence electrons. The summed E-state index contributed by atoms with van der Waals surface area (Å²) in [4.78, 5) is 3.71. The van der Waals surface area contributed by atoms with Crippen LogP contribution in [0.15, 0.2) is 12.1 Å². The van der Waals surface area contributed by atoms with Gasteiger partial charge < -0.3 is 15.2 Å². The number of hydrogen-bond acceptors (Lipinski definition) is 4. The first-order valence-electron chi connectivity index (χ1n) is 5.54. The second-order valence-corrected chi connectivity index (χ2v) is 4.06. The van der Waals surface area contributed by atoms with Crippen molar-refractivity contribution < 1.29 is 22.6 Å². The Kier molecular flexibility index (Phi) is 3.60. The van der Waals surface area contributed by atoms with Crippen LogP contribution < -0.4 is 10.5 Å². The third kappa shape index (κ3) is 3.25. The molecule has 1 aliphatic heterocycles. The monoisotopic (exact) mass is 262 g/mol. The van der Waals surface area contributed by atoms with Crippen molar-refractivity contribution >= 4 is 5.82 Å². The molecular formula is C11H13F3N2O2. The van der Waals surface area contributed by atoms with Gasteiger partial charge in [0, 0.05) is 12.7 Å². The minimum Gasteiger partial charge on any atom is -0.475 e. The van der Waals surface area contributed by atoms with Gasteiger partial charge in [-0.05, 0) is 18.9 Å². The Hall–Kier alpha value is -1.50. The maximum Gasteiger partial charge on any atom is 0.416 e. The fraction of sp³-hybridized carbons (Fsp3) is 0.545. The zero-order chi connectivity index (χ0) is 13.2. The summed E-state index contributed by atoms with van der Waals surface area (Å²) in [5, 5.41) is 0. The zero-order valence-electron chi connectivity index (χ0n) is 9.54. The topological polar surface area (TPSA) is 57.4 Å². The first-order chi connectivity index (χ1) is 8.45. The Labute approximate surface area is 102 Å². The van der Waals surface area contributed by atoms with Crippen LogP contribution in [0.3, 0.4) is 0 Å². The van der Waals surface area contributed by atoms with E-state index in [1.165, 1.54) is 0 Å². The molecular weight excluding hydrogens is 249 g/mol. The number of nitrogens with zero attached hydrogens (tertiary/aromatic N) is 1. The number of pyridine rings is 1. The van der Waals surface area contributed by atoms with E-state index in [1.807, 2.05) is 0 Å². The lowest BCUT2D eigenvalue weighted by atomic mass is 10.2. The Morgan fingerprint density at radius 1 is 1.44 bits per heavy atom. The zero-order valence-corrected chi connectivity index (χ0v) is 9.54. The summed E-state index contributed by atoms with van der Waals surface area (Å²) >= 11 is 0. The molecule has 2 heterocycles. The van der Waals surface area contributed by atoms with Crippen molar-refractivity contribution in [1.29, 1.82) is 0 Å². The molecule has 0 spiro atoms. The molecule has 0 saturated carbocycles. The van der Waals surface area contributed by atoms with Crippen LogP contribution in [-0.2, 0) is 10.9 Å². The number of anilines is 1. The fourth-order valence-corrected chi connectivity index (χ4v) is 1.72. The summed E-state index contributed by atoms with van der Waals surface area (Å²) in [6, 6.07) is 1.62. The van der Waals surface area contributed by atoms with Gasteiger partial charge >= 0.3 is 6.18 Å². The first-order valence-corrected chi connectivity index (χ1v) is 5.54. The number of nitrogens with two attached hydrogens (primary N) is 1. The molecule has 0 amide bonds. The Balaban J connectivity index is 2.05. The third-order valence-corrected chi connectivity index (χ3v) is 2.59. The van der Waals surface area contributed by atoms with E-state index in [0.717, 1.165) is 25.0 Å². The van der Waals surface area contributed by atoms with Gasteiger partial charge in [0.05, 0.1) is 11.7 Å². The van der Waals surface area contributed by atoms with Crippen LogP contribution in [0.2, 0.25) is 0 Å². The van der Waals surface area contributed by atoms with Crippen LogP contribution in [0.5, 0.6) is 5.88 Å². The number of alkyl halides is 3. The Bertz CT molecular complexity index is 417. The molecule has 4 nitrogen and oxygen atoms in total. The second-order valence-electron chi connectivity index (χ2n) is 4.06. The minimum absolute atomic E-state index is 0.0810. The van der Waals surface area contributed by atoms with Crippen LogP contribution >= 0.6 is 0 Å². The normalized spacial score (nSPS) is 20.1. The van der Waals surface area contributed by atoms with Crippen LogP contribution in [0.25, 0.3) is 0 Å². The van der Waals surface area contributed by atoms with E-state index in [9.17, 15) is 13.2 Å². The minimum atomic E-state index is -4.46. The van der Waals surface area contributed by atoms with Crippen molar-refractivity contribution in [3.63, 3.8) is 0 Å². The number of ether oxygens (including phenoxy) is 2. The summed E-state index contributed by atoms with van der Waals surface area (Å²) < 4.78 is 48.1. The van der Waals surface area contributed by atoms with Crippen molar-refractivity contribution in [2.24, 2.45) is 0 Å². The van der Waals surface area contributed by atoms with Crippen LogP contribution in [0, 0.1) is 0 Å². The summed E-state index contributed by atoms with van der Waals surface area (Å²) in [5.74, 6) is -0.343. The summed E-state index contributed by atoms with van der Waals surface area (Å²) in [6.07, 6.45) is -2.76. The van der Waals surface area contributed by atoms with Crippen molar-refractivity contribution in [1.82, 2.24) is 4.98 Å². The van der Waals surface area contributed by atoms with Crippen molar-refractivity contribution in [2.45, 2.75) is 25.1 Å². The van der Waals surface area contributed by atoms with Crippen molar-refractivity contribution in [3.8, 4) is 5.88 Å². The predicted octanol–water partition coefficient (Wildman–Crippen LogP) is 2.24. The Morgan fingerprint density at radius 3 is 2.83 bits per heavy atom. The van der Waals surface area contributed by atoms with Gasteiger partial charge in [-0.15, -0.1) is 0 Å². The number of hydrogen-bond donors (Lipinski definition) is 1. The number of rotatable bonds is 3. The van der Waals surface area contributed by atoms with Crippen LogP contribution in [0.4, 0.5) is 19.0 Å². The number of nitrogen functional groups attached to an aromatic ring is 1. The highest BCUT2D eigenvalue weighted by molar-refractivity contribution is 5.38. The molecule has 1 aliphatic rings. The van der Waals surface area contributed by atoms with Crippen LogP contribution in [0.1, 0.15) is 18.4 Å². The Morgan fingerprint density at radius 2 is 2.22 bits per heavy atom. The molecule has 2 rings (SSSR count). The van der Waals surface area contributed by atoms with Gasteiger partial charge in [0.15, 0.2) is 0 Å².